The Morgan fingerprint density at radius 3 is 2.61 bits per heavy atom. The van der Waals surface area contributed by atoms with Gasteiger partial charge in [-0.15, -0.1) is 0 Å². The average molecular weight is 379 g/mol. The number of amides is 1. The third-order valence-corrected chi connectivity index (χ3v) is 4.85. The molecule has 1 heterocycles. The van der Waals surface area contributed by atoms with Crippen LogP contribution in [0.2, 0.25) is 0 Å². The summed E-state index contributed by atoms with van der Waals surface area (Å²) in [6, 6.07) is 4.19. The number of nitrogens with zero attached hydrogens (tertiary/aromatic N) is 1. The maximum atomic E-state index is 13.0. The normalized spacial score (nSPS) is 16.9. The quantitative estimate of drug-likeness (QED) is 0.716. The number of rotatable bonds is 2. The lowest BCUT2D eigenvalue weighted by molar-refractivity contribution is 0.0698. The van der Waals surface area contributed by atoms with Crippen LogP contribution in [0.4, 0.5) is 4.39 Å². The Kier molecular flexibility index (Phi) is 4.78. The van der Waals surface area contributed by atoms with E-state index in [2.05, 4.69) is 31.9 Å². The molecule has 0 atom stereocenters. The maximum Gasteiger partial charge on any atom is 0.255 e. The van der Waals surface area contributed by atoms with E-state index in [0.717, 1.165) is 31.3 Å². The molecule has 0 spiro atoms. The number of hydrogen-bond acceptors (Lipinski definition) is 1. The molecule has 1 aliphatic rings. The SMILES string of the molecule is O=C(c1ccc(F)cc1Br)N1CCC(CBr)CC1. The van der Waals surface area contributed by atoms with Gasteiger partial charge in [-0.3, -0.25) is 4.79 Å². The zero-order chi connectivity index (χ0) is 13.1. The summed E-state index contributed by atoms with van der Waals surface area (Å²) in [5, 5.41) is 0.995. The lowest BCUT2D eigenvalue weighted by atomic mass is 9.98. The fourth-order valence-electron chi connectivity index (χ4n) is 2.12. The number of likely N-dealkylation sites (tertiary alicyclic amines) is 1. The first kappa shape index (κ1) is 14.0. The second kappa shape index (κ2) is 6.15. The molecule has 2 nitrogen and oxygen atoms in total. The molecule has 0 aromatic heterocycles. The van der Waals surface area contributed by atoms with Crippen LogP contribution in [0.1, 0.15) is 23.2 Å². The largest absolute Gasteiger partial charge is 0.339 e. The molecule has 1 fully saturated rings. The van der Waals surface area contributed by atoms with Gasteiger partial charge in [-0.25, -0.2) is 4.39 Å². The van der Waals surface area contributed by atoms with E-state index in [4.69, 9.17) is 0 Å². The molecular weight excluding hydrogens is 365 g/mol. The van der Waals surface area contributed by atoms with Gasteiger partial charge in [0.1, 0.15) is 5.82 Å². The van der Waals surface area contributed by atoms with E-state index in [-0.39, 0.29) is 11.7 Å². The van der Waals surface area contributed by atoms with Gasteiger partial charge >= 0.3 is 0 Å². The van der Waals surface area contributed by atoms with E-state index in [1.54, 1.807) is 6.07 Å². The van der Waals surface area contributed by atoms with Gasteiger partial charge in [0.05, 0.1) is 5.56 Å². The minimum absolute atomic E-state index is 0.0186. The highest BCUT2D eigenvalue weighted by Gasteiger charge is 2.24. The summed E-state index contributed by atoms with van der Waals surface area (Å²) in [6.45, 7) is 1.55. The van der Waals surface area contributed by atoms with Crippen molar-refractivity contribution in [2.45, 2.75) is 12.8 Å². The molecule has 98 valence electrons. The topological polar surface area (TPSA) is 20.3 Å². The van der Waals surface area contributed by atoms with Crippen molar-refractivity contribution in [1.29, 1.82) is 0 Å². The number of carbonyl (C=O) groups excluding carboxylic acids is 1. The van der Waals surface area contributed by atoms with Gasteiger partial charge in [-0.1, -0.05) is 15.9 Å². The van der Waals surface area contributed by atoms with Crippen LogP contribution in [0.15, 0.2) is 22.7 Å². The van der Waals surface area contributed by atoms with Crippen LogP contribution >= 0.6 is 31.9 Å². The van der Waals surface area contributed by atoms with Crippen molar-refractivity contribution in [3.05, 3.63) is 34.1 Å². The summed E-state index contributed by atoms with van der Waals surface area (Å²) in [6.07, 6.45) is 2.05. The number of carbonyl (C=O) groups is 1. The molecular formula is C13H14Br2FNO. The van der Waals surface area contributed by atoms with Crippen molar-refractivity contribution in [3.8, 4) is 0 Å². The molecule has 1 aliphatic heterocycles. The lowest BCUT2D eigenvalue weighted by Gasteiger charge is -2.31. The standard InChI is InChI=1S/C13H14Br2FNO/c14-8-9-3-5-17(6-4-9)13(18)11-2-1-10(16)7-12(11)15/h1-2,7,9H,3-6,8H2. The molecule has 0 saturated carbocycles. The third kappa shape index (κ3) is 3.12. The fourth-order valence-corrected chi connectivity index (χ4v) is 3.29. The summed E-state index contributed by atoms with van der Waals surface area (Å²) in [5.41, 5.74) is 0.536. The summed E-state index contributed by atoms with van der Waals surface area (Å²) in [5.74, 6) is 0.303. The van der Waals surface area contributed by atoms with Crippen LogP contribution in [0, 0.1) is 11.7 Å². The minimum atomic E-state index is -0.337. The van der Waals surface area contributed by atoms with Gasteiger partial charge in [0.2, 0.25) is 0 Å². The monoisotopic (exact) mass is 377 g/mol. The van der Waals surface area contributed by atoms with Gasteiger partial charge in [0.15, 0.2) is 0 Å². The zero-order valence-electron chi connectivity index (χ0n) is 9.83. The van der Waals surface area contributed by atoms with Crippen LogP contribution in [-0.2, 0) is 0 Å². The highest BCUT2D eigenvalue weighted by atomic mass is 79.9. The molecule has 1 aromatic carbocycles. The van der Waals surface area contributed by atoms with E-state index in [0.29, 0.717) is 16.0 Å². The first-order valence-corrected chi connectivity index (χ1v) is 7.83. The Balaban J connectivity index is 2.08. The fraction of sp³-hybridized carbons (Fsp3) is 0.462. The average Bonchev–Trinajstić information content (AvgIpc) is 2.38. The summed E-state index contributed by atoms with van der Waals surface area (Å²) < 4.78 is 13.5. The van der Waals surface area contributed by atoms with Gasteiger partial charge in [0.25, 0.3) is 5.91 Å². The van der Waals surface area contributed by atoms with E-state index < -0.39 is 0 Å². The van der Waals surface area contributed by atoms with Gasteiger partial charge in [-0.2, -0.15) is 0 Å². The second-order valence-electron chi connectivity index (χ2n) is 4.51. The molecule has 1 amide bonds. The highest BCUT2D eigenvalue weighted by Crippen LogP contribution is 2.24. The van der Waals surface area contributed by atoms with Gasteiger partial charge in [0, 0.05) is 22.9 Å². The Morgan fingerprint density at radius 2 is 2.06 bits per heavy atom. The number of alkyl halides is 1. The van der Waals surface area contributed by atoms with E-state index in [1.807, 2.05) is 4.90 Å². The Morgan fingerprint density at radius 1 is 1.39 bits per heavy atom. The zero-order valence-corrected chi connectivity index (χ0v) is 13.0. The number of piperidine rings is 1. The van der Waals surface area contributed by atoms with Crippen LogP contribution in [0.5, 0.6) is 0 Å². The molecule has 0 bridgehead atoms. The van der Waals surface area contributed by atoms with Gasteiger partial charge < -0.3 is 4.90 Å². The first-order chi connectivity index (χ1) is 8.61. The number of halogens is 3. The van der Waals surface area contributed by atoms with Crippen LogP contribution in [0.25, 0.3) is 0 Å². The van der Waals surface area contributed by atoms with E-state index >= 15 is 0 Å². The van der Waals surface area contributed by atoms with Crippen LogP contribution in [-0.4, -0.2) is 29.2 Å². The first-order valence-electron chi connectivity index (χ1n) is 5.92. The smallest absolute Gasteiger partial charge is 0.255 e. The minimum Gasteiger partial charge on any atom is -0.339 e. The molecule has 0 N–H and O–H groups in total. The van der Waals surface area contributed by atoms with Crippen molar-refractivity contribution in [2.24, 2.45) is 5.92 Å². The van der Waals surface area contributed by atoms with Crippen molar-refractivity contribution in [2.75, 3.05) is 18.4 Å². The number of benzene rings is 1. The Labute approximate surface area is 123 Å². The van der Waals surface area contributed by atoms with Crippen molar-refractivity contribution < 1.29 is 9.18 Å². The molecule has 2 rings (SSSR count). The van der Waals surface area contributed by atoms with Crippen molar-refractivity contribution in [3.63, 3.8) is 0 Å². The van der Waals surface area contributed by atoms with Crippen LogP contribution < -0.4 is 0 Å². The molecule has 1 aromatic rings. The highest BCUT2D eigenvalue weighted by molar-refractivity contribution is 9.10. The molecule has 0 aliphatic carbocycles. The van der Waals surface area contributed by atoms with Crippen molar-refractivity contribution >= 4 is 37.8 Å². The van der Waals surface area contributed by atoms with E-state index in [1.165, 1.54) is 12.1 Å². The maximum absolute atomic E-state index is 13.0. The predicted octanol–water partition coefficient (Wildman–Crippen LogP) is 3.84. The second-order valence-corrected chi connectivity index (χ2v) is 6.02. The van der Waals surface area contributed by atoms with Crippen LogP contribution in [0.3, 0.4) is 0 Å². The van der Waals surface area contributed by atoms with Gasteiger partial charge in [-0.05, 0) is 52.9 Å². The van der Waals surface area contributed by atoms with E-state index in [9.17, 15) is 9.18 Å². The molecule has 0 unspecified atom stereocenters. The summed E-state index contributed by atoms with van der Waals surface area (Å²) >= 11 is 6.72. The molecule has 5 heteroatoms. The summed E-state index contributed by atoms with van der Waals surface area (Å²) in [4.78, 5) is 14.1. The number of hydrogen-bond donors (Lipinski definition) is 0. The third-order valence-electron chi connectivity index (χ3n) is 3.28. The Hall–Kier alpha value is -0.420. The molecule has 18 heavy (non-hydrogen) atoms. The predicted molar refractivity (Wildman–Crippen MR) is 76.5 cm³/mol. The molecule has 0 radical (unpaired) electrons. The van der Waals surface area contributed by atoms with Crippen molar-refractivity contribution in [1.82, 2.24) is 4.90 Å². The lowest BCUT2D eigenvalue weighted by Crippen LogP contribution is -2.38. The molecule has 1 saturated heterocycles. The summed E-state index contributed by atoms with van der Waals surface area (Å²) in [7, 11) is 0. The Bertz CT molecular complexity index is 445.